The van der Waals surface area contributed by atoms with E-state index in [1.807, 2.05) is 6.92 Å². The van der Waals surface area contributed by atoms with E-state index >= 15 is 0 Å². The molecule has 160 valence electrons. The second-order valence-electron chi connectivity index (χ2n) is 5.79. The van der Waals surface area contributed by atoms with Gasteiger partial charge in [0.25, 0.3) is 0 Å². The van der Waals surface area contributed by atoms with E-state index in [0.29, 0.717) is 23.6 Å². The first-order chi connectivity index (χ1) is 13.4. The van der Waals surface area contributed by atoms with Gasteiger partial charge in [0.2, 0.25) is 0 Å². The van der Waals surface area contributed by atoms with Gasteiger partial charge < -0.3 is 20.1 Å². The lowest BCUT2D eigenvalue weighted by atomic mass is 10.1. The van der Waals surface area contributed by atoms with Gasteiger partial charge in [-0.1, -0.05) is 29.8 Å². The van der Waals surface area contributed by atoms with Gasteiger partial charge in [-0.2, -0.15) is 17.6 Å². The molecule has 0 unspecified atom stereocenters. The molecule has 0 saturated heterocycles. The summed E-state index contributed by atoms with van der Waals surface area (Å²) in [6.45, 7) is -3.46. The quantitative estimate of drug-likeness (QED) is 0.227. The van der Waals surface area contributed by atoms with Gasteiger partial charge >= 0.3 is 13.2 Å². The van der Waals surface area contributed by atoms with Crippen LogP contribution < -0.4 is 20.1 Å². The summed E-state index contributed by atoms with van der Waals surface area (Å²) >= 11 is 0. The van der Waals surface area contributed by atoms with Crippen molar-refractivity contribution >= 4 is 29.9 Å². The predicted octanol–water partition coefficient (Wildman–Crippen LogP) is 4.68. The highest BCUT2D eigenvalue weighted by Gasteiger charge is 2.11. The fourth-order valence-corrected chi connectivity index (χ4v) is 2.47. The van der Waals surface area contributed by atoms with E-state index in [1.165, 1.54) is 18.2 Å². The van der Waals surface area contributed by atoms with Crippen molar-refractivity contribution in [3.05, 3.63) is 59.2 Å². The first-order valence-corrected chi connectivity index (χ1v) is 8.40. The summed E-state index contributed by atoms with van der Waals surface area (Å²) in [7, 11) is 1.55. The minimum atomic E-state index is -2.92. The van der Waals surface area contributed by atoms with Crippen LogP contribution in [0.3, 0.4) is 0 Å². The van der Waals surface area contributed by atoms with Crippen molar-refractivity contribution < 1.29 is 27.0 Å². The molecule has 0 spiro atoms. The Morgan fingerprint density at radius 3 is 2.31 bits per heavy atom. The largest absolute Gasteiger partial charge is 0.435 e. The Balaban J connectivity index is 0.00000420. The van der Waals surface area contributed by atoms with Crippen LogP contribution in [0, 0.1) is 6.92 Å². The highest BCUT2D eigenvalue weighted by Crippen LogP contribution is 2.22. The van der Waals surface area contributed by atoms with Gasteiger partial charge in [0, 0.05) is 25.7 Å². The van der Waals surface area contributed by atoms with E-state index < -0.39 is 13.2 Å². The van der Waals surface area contributed by atoms with E-state index in [2.05, 4.69) is 25.1 Å². The van der Waals surface area contributed by atoms with Gasteiger partial charge in [-0.25, -0.2) is 0 Å². The Morgan fingerprint density at radius 1 is 0.966 bits per heavy atom. The Morgan fingerprint density at radius 2 is 1.66 bits per heavy atom. The zero-order valence-electron chi connectivity index (χ0n) is 15.8. The Kier molecular flexibility index (Phi) is 10.6. The molecular formula is C19H22F4IN3O2. The fourth-order valence-electron chi connectivity index (χ4n) is 2.47. The fraction of sp³-hybridized carbons (Fsp3) is 0.316. The highest BCUT2D eigenvalue weighted by molar-refractivity contribution is 14.0. The van der Waals surface area contributed by atoms with Crippen LogP contribution in [0.15, 0.2) is 47.5 Å². The maximum Gasteiger partial charge on any atom is 0.387 e. The molecule has 2 rings (SSSR count). The number of benzene rings is 2. The summed E-state index contributed by atoms with van der Waals surface area (Å²) < 4.78 is 58.6. The Hall–Kier alpha value is -2.24. The van der Waals surface area contributed by atoms with Crippen LogP contribution >= 0.6 is 24.0 Å². The molecular weight excluding hydrogens is 505 g/mol. The predicted molar refractivity (Wildman–Crippen MR) is 113 cm³/mol. The molecule has 2 N–H and O–H groups in total. The number of nitrogens with one attached hydrogen (secondary N) is 2. The number of aliphatic imine (C=N–C) groups is 1. The average molecular weight is 527 g/mol. The first kappa shape index (κ1) is 24.8. The van der Waals surface area contributed by atoms with Crippen LogP contribution in [0.1, 0.15) is 16.7 Å². The number of hydrogen-bond donors (Lipinski definition) is 2. The van der Waals surface area contributed by atoms with Gasteiger partial charge in [0.1, 0.15) is 11.5 Å². The van der Waals surface area contributed by atoms with Crippen LogP contribution in [0.25, 0.3) is 0 Å². The van der Waals surface area contributed by atoms with Crippen molar-refractivity contribution in [2.75, 3.05) is 7.05 Å². The molecule has 0 aliphatic carbocycles. The van der Waals surface area contributed by atoms with Crippen molar-refractivity contribution in [2.24, 2.45) is 4.99 Å². The van der Waals surface area contributed by atoms with E-state index in [-0.39, 0.29) is 42.0 Å². The Bertz CT molecular complexity index is 807. The third kappa shape index (κ3) is 8.75. The van der Waals surface area contributed by atoms with Crippen LogP contribution in [-0.4, -0.2) is 26.2 Å². The average Bonchev–Trinajstić information content (AvgIpc) is 2.63. The van der Waals surface area contributed by atoms with Crippen LogP contribution in [0.4, 0.5) is 17.6 Å². The number of nitrogens with zero attached hydrogens (tertiary/aromatic N) is 1. The van der Waals surface area contributed by atoms with Crippen LogP contribution in [-0.2, 0) is 13.1 Å². The molecule has 10 heteroatoms. The third-order valence-corrected chi connectivity index (χ3v) is 3.69. The van der Waals surface area contributed by atoms with Gasteiger partial charge in [-0.3, -0.25) is 4.99 Å². The molecule has 5 nitrogen and oxygen atoms in total. The molecule has 0 atom stereocenters. The van der Waals surface area contributed by atoms with E-state index in [0.717, 1.165) is 5.56 Å². The lowest BCUT2D eigenvalue weighted by molar-refractivity contribution is -0.0509. The molecule has 2 aromatic carbocycles. The standard InChI is InChI=1S/C19H21F4N3O2.HI/c1-12-6-7-16(28-18(22)23)14(8-12)11-26-19(24-2)25-10-13-4-3-5-15(9-13)27-17(20)21;/h3-9,17-18H,10-11H2,1-2H3,(H2,24,25,26);1H. The SMILES string of the molecule is CN=C(NCc1cccc(OC(F)F)c1)NCc1cc(C)ccc1OC(F)F.I. The minimum absolute atomic E-state index is 0. The van der Waals surface area contributed by atoms with Crippen LogP contribution in [0.5, 0.6) is 11.5 Å². The second-order valence-corrected chi connectivity index (χ2v) is 5.79. The zero-order chi connectivity index (χ0) is 20.5. The summed E-state index contributed by atoms with van der Waals surface area (Å²) in [5, 5.41) is 6.02. The van der Waals surface area contributed by atoms with Gasteiger partial charge in [0.15, 0.2) is 5.96 Å². The van der Waals surface area contributed by atoms with Gasteiger partial charge in [-0.15, -0.1) is 24.0 Å². The van der Waals surface area contributed by atoms with E-state index in [4.69, 9.17) is 0 Å². The number of alkyl halides is 4. The van der Waals surface area contributed by atoms with Crippen LogP contribution in [0.2, 0.25) is 0 Å². The van der Waals surface area contributed by atoms with Gasteiger partial charge in [0.05, 0.1) is 0 Å². The third-order valence-electron chi connectivity index (χ3n) is 3.69. The summed E-state index contributed by atoms with van der Waals surface area (Å²) in [5.74, 6) is 0.552. The minimum Gasteiger partial charge on any atom is -0.435 e. The summed E-state index contributed by atoms with van der Waals surface area (Å²) in [5.41, 5.74) is 2.16. The number of halogens is 5. The zero-order valence-corrected chi connectivity index (χ0v) is 18.1. The van der Waals surface area contributed by atoms with Crippen molar-refractivity contribution in [2.45, 2.75) is 33.2 Å². The first-order valence-electron chi connectivity index (χ1n) is 8.40. The normalized spacial score (nSPS) is 11.2. The lowest BCUT2D eigenvalue weighted by Crippen LogP contribution is -2.36. The number of aryl methyl sites for hydroxylation is 1. The smallest absolute Gasteiger partial charge is 0.387 e. The molecule has 0 fully saturated rings. The molecule has 0 bridgehead atoms. The molecule has 2 aromatic rings. The second kappa shape index (κ2) is 12.3. The molecule has 0 saturated carbocycles. The lowest BCUT2D eigenvalue weighted by Gasteiger charge is -2.15. The highest BCUT2D eigenvalue weighted by atomic mass is 127. The Labute approximate surface area is 183 Å². The molecule has 0 amide bonds. The maximum absolute atomic E-state index is 12.6. The number of ether oxygens (including phenoxy) is 2. The van der Waals surface area contributed by atoms with Crippen molar-refractivity contribution in [3.63, 3.8) is 0 Å². The molecule has 0 aliphatic heterocycles. The van der Waals surface area contributed by atoms with Crippen molar-refractivity contribution in [1.82, 2.24) is 10.6 Å². The maximum atomic E-state index is 12.6. The van der Waals surface area contributed by atoms with Crippen molar-refractivity contribution in [3.8, 4) is 11.5 Å². The molecule has 0 heterocycles. The number of rotatable bonds is 8. The molecule has 0 aliphatic rings. The number of hydrogen-bond acceptors (Lipinski definition) is 3. The van der Waals surface area contributed by atoms with Crippen molar-refractivity contribution in [1.29, 1.82) is 0 Å². The molecule has 0 aromatic heterocycles. The number of guanidine groups is 1. The van der Waals surface area contributed by atoms with E-state index in [1.54, 1.807) is 31.3 Å². The van der Waals surface area contributed by atoms with E-state index in [9.17, 15) is 17.6 Å². The summed E-state index contributed by atoms with van der Waals surface area (Å²) in [6.07, 6.45) is 0. The topological polar surface area (TPSA) is 54.9 Å². The summed E-state index contributed by atoms with van der Waals surface area (Å²) in [4.78, 5) is 4.06. The molecule has 0 radical (unpaired) electrons. The monoisotopic (exact) mass is 527 g/mol. The summed E-state index contributed by atoms with van der Waals surface area (Å²) in [6, 6.07) is 11.2. The molecule has 29 heavy (non-hydrogen) atoms. The van der Waals surface area contributed by atoms with Gasteiger partial charge in [-0.05, 0) is 30.7 Å².